The summed E-state index contributed by atoms with van der Waals surface area (Å²) in [7, 11) is 0. The second-order valence-electron chi connectivity index (χ2n) is 11.9. The van der Waals surface area contributed by atoms with Crippen LogP contribution in [0.3, 0.4) is 0 Å². The Hall–Kier alpha value is -1.77. The van der Waals surface area contributed by atoms with Gasteiger partial charge in [0.05, 0.1) is 0 Å². The number of phenols is 1. The lowest BCUT2D eigenvalue weighted by Gasteiger charge is -2.47. The SMILES string of the molecule is CCCCCCC(=O)C1=CC[C@@H]2C(C1)c1c(O)cc(C(C)(C)CCCCCC)cc1OC2(C)C. The van der Waals surface area contributed by atoms with E-state index in [0.29, 0.717) is 24.4 Å². The van der Waals surface area contributed by atoms with Crippen molar-refractivity contribution in [1.82, 2.24) is 0 Å². The van der Waals surface area contributed by atoms with E-state index in [0.717, 1.165) is 48.1 Å². The number of allylic oxidation sites excluding steroid dienone is 2. The Labute approximate surface area is 208 Å². The van der Waals surface area contributed by atoms with Gasteiger partial charge in [-0.15, -0.1) is 0 Å². The highest BCUT2D eigenvalue weighted by molar-refractivity contribution is 5.95. The summed E-state index contributed by atoms with van der Waals surface area (Å²) >= 11 is 0. The van der Waals surface area contributed by atoms with Crippen molar-refractivity contribution in [2.75, 3.05) is 0 Å². The monoisotopic (exact) mass is 468 g/mol. The molecular weight excluding hydrogens is 420 g/mol. The second kappa shape index (κ2) is 11.3. The predicted octanol–water partition coefficient (Wildman–Crippen LogP) is 8.77. The first-order valence-electron chi connectivity index (χ1n) is 13.9. The summed E-state index contributed by atoms with van der Waals surface area (Å²) in [6.45, 7) is 13.3. The van der Waals surface area contributed by atoms with Crippen molar-refractivity contribution in [3.63, 3.8) is 0 Å². The van der Waals surface area contributed by atoms with E-state index in [4.69, 9.17) is 4.74 Å². The molecule has 3 nitrogen and oxygen atoms in total. The maximum atomic E-state index is 13.0. The normalized spacial score (nSPS) is 21.3. The van der Waals surface area contributed by atoms with Crippen LogP contribution in [-0.2, 0) is 10.2 Å². The number of fused-ring (bicyclic) bond motifs is 3. The Balaban J connectivity index is 1.83. The van der Waals surface area contributed by atoms with Gasteiger partial charge in [-0.1, -0.05) is 78.7 Å². The maximum absolute atomic E-state index is 13.0. The van der Waals surface area contributed by atoms with Gasteiger partial charge in [0.25, 0.3) is 0 Å². The maximum Gasteiger partial charge on any atom is 0.158 e. The Morgan fingerprint density at radius 3 is 2.41 bits per heavy atom. The second-order valence-corrected chi connectivity index (χ2v) is 11.9. The number of benzene rings is 1. The van der Waals surface area contributed by atoms with Gasteiger partial charge in [0.15, 0.2) is 5.78 Å². The molecule has 0 radical (unpaired) electrons. The van der Waals surface area contributed by atoms with Crippen molar-refractivity contribution in [3.8, 4) is 11.5 Å². The molecule has 0 spiro atoms. The molecule has 0 saturated heterocycles. The summed E-state index contributed by atoms with van der Waals surface area (Å²) in [5.74, 6) is 1.84. The van der Waals surface area contributed by atoms with Crippen LogP contribution in [0.15, 0.2) is 23.8 Å². The summed E-state index contributed by atoms with van der Waals surface area (Å²) in [5, 5.41) is 11.3. The molecule has 1 aliphatic carbocycles. The number of carbonyl (C=O) groups is 1. The van der Waals surface area contributed by atoms with Crippen LogP contribution in [0.4, 0.5) is 0 Å². The first-order valence-corrected chi connectivity index (χ1v) is 13.9. The lowest BCUT2D eigenvalue weighted by molar-refractivity contribution is -0.116. The number of aromatic hydroxyl groups is 1. The molecule has 0 aromatic heterocycles. The number of carbonyl (C=O) groups excluding carboxylic acids is 1. The summed E-state index contributed by atoms with van der Waals surface area (Å²) in [5.41, 5.74) is 2.67. The van der Waals surface area contributed by atoms with Crippen LogP contribution in [0.2, 0.25) is 0 Å². The van der Waals surface area contributed by atoms with E-state index in [9.17, 15) is 9.90 Å². The average molecular weight is 469 g/mol. The third kappa shape index (κ3) is 6.07. The molecule has 34 heavy (non-hydrogen) atoms. The minimum Gasteiger partial charge on any atom is -0.508 e. The summed E-state index contributed by atoms with van der Waals surface area (Å²) in [6, 6.07) is 4.15. The fraction of sp³-hybridized carbons (Fsp3) is 0.710. The number of unbranched alkanes of at least 4 members (excludes halogenated alkanes) is 6. The van der Waals surface area contributed by atoms with Crippen LogP contribution in [0.5, 0.6) is 11.5 Å². The van der Waals surface area contributed by atoms with Crippen LogP contribution in [0.1, 0.15) is 136 Å². The van der Waals surface area contributed by atoms with E-state index < -0.39 is 0 Å². The molecule has 0 bridgehead atoms. The van der Waals surface area contributed by atoms with E-state index in [1.54, 1.807) is 0 Å². The number of hydrogen-bond acceptors (Lipinski definition) is 3. The number of Topliss-reactive ketones (excluding diaryl/α,β-unsaturated/α-hetero) is 1. The Morgan fingerprint density at radius 2 is 1.74 bits per heavy atom. The molecule has 0 saturated carbocycles. The van der Waals surface area contributed by atoms with E-state index in [2.05, 4.69) is 53.7 Å². The molecule has 1 heterocycles. The molecule has 1 aliphatic heterocycles. The first-order chi connectivity index (χ1) is 16.1. The number of phenolic OH excluding ortho intramolecular Hbond substituents is 1. The average Bonchev–Trinajstić information content (AvgIpc) is 2.78. The fourth-order valence-corrected chi connectivity index (χ4v) is 6.03. The molecule has 190 valence electrons. The molecule has 2 atom stereocenters. The van der Waals surface area contributed by atoms with E-state index in [-0.39, 0.29) is 22.9 Å². The lowest BCUT2D eigenvalue weighted by atomic mass is 9.66. The van der Waals surface area contributed by atoms with Crippen LogP contribution in [0.25, 0.3) is 0 Å². The zero-order chi connectivity index (χ0) is 24.9. The molecule has 0 amide bonds. The molecule has 3 rings (SSSR count). The topological polar surface area (TPSA) is 46.5 Å². The van der Waals surface area contributed by atoms with Crippen molar-refractivity contribution in [2.24, 2.45) is 5.92 Å². The molecule has 2 aliphatic rings. The van der Waals surface area contributed by atoms with Crippen molar-refractivity contribution in [1.29, 1.82) is 0 Å². The van der Waals surface area contributed by atoms with E-state index >= 15 is 0 Å². The zero-order valence-electron chi connectivity index (χ0n) is 22.6. The number of ketones is 1. The van der Waals surface area contributed by atoms with Gasteiger partial charge in [0, 0.05) is 23.8 Å². The quantitative estimate of drug-likeness (QED) is 0.312. The van der Waals surface area contributed by atoms with E-state index in [1.807, 2.05) is 6.07 Å². The van der Waals surface area contributed by atoms with Gasteiger partial charge >= 0.3 is 0 Å². The molecule has 1 aromatic rings. The predicted molar refractivity (Wildman–Crippen MR) is 142 cm³/mol. The van der Waals surface area contributed by atoms with Gasteiger partial charge < -0.3 is 9.84 Å². The third-order valence-corrected chi connectivity index (χ3v) is 8.35. The van der Waals surface area contributed by atoms with Crippen molar-refractivity contribution < 1.29 is 14.6 Å². The Morgan fingerprint density at radius 1 is 1.06 bits per heavy atom. The van der Waals surface area contributed by atoms with Crippen molar-refractivity contribution in [2.45, 2.75) is 136 Å². The number of rotatable bonds is 12. The van der Waals surface area contributed by atoms with E-state index in [1.165, 1.54) is 38.5 Å². The highest BCUT2D eigenvalue weighted by atomic mass is 16.5. The molecular formula is C31H48O3. The van der Waals surface area contributed by atoms with Crippen LogP contribution >= 0.6 is 0 Å². The molecule has 1 unspecified atom stereocenters. The summed E-state index contributed by atoms with van der Waals surface area (Å²) in [6.07, 6.45) is 14.9. The van der Waals surface area contributed by atoms with Crippen LogP contribution in [0, 0.1) is 5.92 Å². The molecule has 1 aromatic carbocycles. The number of ether oxygens (including phenoxy) is 1. The fourth-order valence-electron chi connectivity index (χ4n) is 6.03. The zero-order valence-corrected chi connectivity index (χ0v) is 22.6. The summed E-state index contributed by atoms with van der Waals surface area (Å²) in [4.78, 5) is 13.0. The van der Waals surface area contributed by atoms with Gasteiger partial charge in [0.2, 0.25) is 0 Å². The smallest absolute Gasteiger partial charge is 0.158 e. The van der Waals surface area contributed by atoms with Gasteiger partial charge in [-0.25, -0.2) is 0 Å². The highest BCUT2D eigenvalue weighted by Gasteiger charge is 2.47. The molecule has 3 heteroatoms. The lowest BCUT2D eigenvalue weighted by Crippen LogP contribution is -2.46. The minimum absolute atomic E-state index is 0.0172. The third-order valence-electron chi connectivity index (χ3n) is 8.35. The summed E-state index contributed by atoms with van der Waals surface area (Å²) < 4.78 is 6.56. The van der Waals surface area contributed by atoms with Gasteiger partial charge in [-0.2, -0.15) is 0 Å². The first kappa shape index (κ1) is 26.8. The largest absolute Gasteiger partial charge is 0.508 e. The standard InChI is InChI=1S/C31H48O3/c1-7-9-11-13-15-26(32)22-16-17-25-24(19-22)29-27(33)20-23(21-28(29)34-31(25,5)6)30(3,4)18-14-12-10-8-2/h16,20-21,24-25,33H,7-15,17-19H2,1-6H3/t24?,25-/m1/s1. The van der Waals surface area contributed by atoms with Gasteiger partial charge in [-0.3, -0.25) is 4.79 Å². The van der Waals surface area contributed by atoms with Gasteiger partial charge in [-0.05, 0) is 68.2 Å². The Bertz CT molecular complexity index is 877. The van der Waals surface area contributed by atoms with Crippen LogP contribution < -0.4 is 4.74 Å². The molecule has 1 N–H and O–H groups in total. The Kier molecular flexibility index (Phi) is 8.93. The number of hydrogen-bond donors (Lipinski definition) is 1. The van der Waals surface area contributed by atoms with Crippen LogP contribution in [-0.4, -0.2) is 16.5 Å². The van der Waals surface area contributed by atoms with Gasteiger partial charge in [0.1, 0.15) is 17.1 Å². The highest BCUT2D eigenvalue weighted by Crippen LogP contribution is 2.55. The van der Waals surface area contributed by atoms with Crippen molar-refractivity contribution in [3.05, 3.63) is 34.9 Å². The molecule has 0 fully saturated rings. The minimum atomic E-state index is -0.333. The van der Waals surface area contributed by atoms with Crippen molar-refractivity contribution >= 4 is 5.78 Å².